The molecule has 1 aromatic carbocycles. The third-order valence-corrected chi connectivity index (χ3v) is 5.46. The number of halogens is 3. The van der Waals surface area contributed by atoms with Crippen LogP contribution in [-0.2, 0) is 19.1 Å². The fourth-order valence-corrected chi connectivity index (χ4v) is 3.73. The smallest absolute Gasteiger partial charge is 0.253 e. The van der Waals surface area contributed by atoms with Crippen LogP contribution in [0.5, 0.6) is 0 Å². The molecule has 0 unspecified atom stereocenters. The maximum atomic E-state index is 14.6. The Hall–Kier alpha value is -2.66. The predicted octanol–water partition coefficient (Wildman–Crippen LogP) is 1.35. The molecule has 0 spiro atoms. The number of alkyl halides is 2. The first-order valence-electron chi connectivity index (χ1n) is 10.1. The normalized spacial score (nSPS) is 18.2. The molecule has 0 bridgehead atoms. The van der Waals surface area contributed by atoms with Crippen molar-refractivity contribution in [1.82, 2.24) is 4.90 Å². The summed E-state index contributed by atoms with van der Waals surface area (Å²) >= 11 is 0. The first-order valence-corrected chi connectivity index (χ1v) is 10.1. The van der Waals surface area contributed by atoms with Crippen molar-refractivity contribution in [1.29, 1.82) is 0 Å². The Morgan fingerprint density at radius 2 is 2.06 bits per heavy atom. The number of anilines is 2. The number of hydrogen-bond donors (Lipinski definition) is 2. The van der Waals surface area contributed by atoms with Crippen molar-refractivity contribution in [2.24, 2.45) is 11.7 Å². The zero-order valence-electron chi connectivity index (χ0n) is 16.9. The van der Waals surface area contributed by atoms with Gasteiger partial charge in [0.1, 0.15) is 12.4 Å². The van der Waals surface area contributed by atoms with Gasteiger partial charge in [-0.1, -0.05) is 6.42 Å². The van der Waals surface area contributed by atoms with Gasteiger partial charge >= 0.3 is 0 Å². The maximum absolute atomic E-state index is 14.6. The number of nitrogens with two attached hydrogens (primary N) is 1. The Morgan fingerprint density at radius 1 is 1.32 bits per heavy atom. The van der Waals surface area contributed by atoms with Gasteiger partial charge in [-0.3, -0.25) is 19.3 Å². The molecular weight excluding hydrogens is 417 g/mol. The lowest BCUT2D eigenvalue weighted by Gasteiger charge is -2.35. The molecule has 8 nitrogen and oxygen atoms in total. The second kappa shape index (κ2) is 10.1. The van der Waals surface area contributed by atoms with Crippen molar-refractivity contribution in [3.8, 4) is 0 Å². The minimum absolute atomic E-state index is 0.0128. The lowest BCUT2D eigenvalue weighted by molar-refractivity contribution is -0.134. The van der Waals surface area contributed by atoms with Crippen molar-refractivity contribution >= 4 is 29.1 Å². The minimum Gasteiger partial charge on any atom is -0.370 e. The lowest BCUT2D eigenvalue weighted by atomic mass is 9.85. The van der Waals surface area contributed by atoms with Crippen LogP contribution in [0.3, 0.4) is 0 Å². The first-order chi connectivity index (χ1) is 14.8. The van der Waals surface area contributed by atoms with E-state index >= 15 is 0 Å². The largest absolute Gasteiger partial charge is 0.370 e. The summed E-state index contributed by atoms with van der Waals surface area (Å²) in [4.78, 5) is 38.9. The number of nitrogens with zero attached hydrogens (tertiary/aromatic N) is 2. The van der Waals surface area contributed by atoms with Gasteiger partial charge in [0, 0.05) is 18.8 Å². The highest BCUT2D eigenvalue weighted by Gasteiger charge is 2.35. The molecule has 2 fully saturated rings. The van der Waals surface area contributed by atoms with Crippen LogP contribution in [0, 0.1) is 11.7 Å². The Morgan fingerprint density at radius 3 is 2.61 bits per heavy atom. The zero-order valence-corrected chi connectivity index (χ0v) is 16.9. The number of benzene rings is 1. The third kappa shape index (κ3) is 5.73. The van der Waals surface area contributed by atoms with E-state index in [-0.39, 0.29) is 43.6 Å². The van der Waals surface area contributed by atoms with E-state index in [1.54, 1.807) is 0 Å². The van der Waals surface area contributed by atoms with Crippen LogP contribution in [0.1, 0.15) is 19.3 Å². The van der Waals surface area contributed by atoms with E-state index in [9.17, 15) is 27.6 Å². The molecule has 1 aliphatic carbocycles. The second-order valence-corrected chi connectivity index (χ2v) is 7.70. The third-order valence-electron chi connectivity index (χ3n) is 5.46. The Kier molecular flexibility index (Phi) is 7.50. The monoisotopic (exact) mass is 442 g/mol. The summed E-state index contributed by atoms with van der Waals surface area (Å²) in [7, 11) is 0. The molecule has 0 aromatic heterocycles. The Bertz CT molecular complexity index is 835. The highest BCUT2D eigenvalue weighted by atomic mass is 19.3. The summed E-state index contributed by atoms with van der Waals surface area (Å²) in [6.07, 6.45) is -0.116. The minimum atomic E-state index is -2.75. The number of hydrogen-bond acceptors (Lipinski definition) is 5. The number of ether oxygens (including phenoxy) is 1. The van der Waals surface area contributed by atoms with E-state index in [2.05, 4.69) is 5.32 Å². The molecule has 3 rings (SSSR count). The molecular formula is C20H25F3N4O4. The van der Waals surface area contributed by atoms with Crippen LogP contribution in [0.15, 0.2) is 18.2 Å². The molecule has 1 aromatic rings. The summed E-state index contributed by atoms with van der Waals surface area (Å²) in [6, 6.07) is 2.06. The van der Waals surface area contributed by atoms with Crippen molar-refractivity contribution < 1.29 is 32.3 Å². The molecule has 31 heavy (non-hydrogen) atoms. The molecule has 11 heteroatoms. The van der Waals surface area contributed by atoms with E-state index in [4.69, 9.17) is 10.5 Å². The van der Waals surface area contributed by atoms with Gasteiger partial charge in [-0.2, -0.15) is 0 Å². The van der Waals surface area contributed by atoms with Crippen LogP contribution in [-0.4, -0.2) is 67.9 Å². The SMILES string of the molecule is NC(=O)[C@H](C(=O)Nc1ccc(N2CCOCC2=O)c(F)c1)N(CC(F)F)CC1CCC1. The topological polar surface area (TPSA) is 105 Å². The van der Waals surface area contributed by atoms with Crippen molar-refractivity contribution in [3.63, 3.8) is 0 Å². The number of primary amides is 1. The van der Waals surface area contributed by atoms with Crippen LogP contribution in [0.2, 0.25) is 0 Å². The van der Waals surface area contributed by atoms with Crippen LogP contribution >= 0.6 is 0 Å². The summed E-state index contributed by atoms with van der Waals surface area (Å²) in [5.74, 6) is -3.01. The number of morpholine rings is 1. The van der Waals surface area contributed by atoms with Gasteiger partial charge in [0.2, 0.25) is 5.91 Å². The second-order valence-electron chi connectivity index (χ2n) is 7.70. The molecule has 1 atom stereocenters. The van der Waals surface area contributed by atoms with Gasteiger partial charge in [-0.15, -0.1) is 0 Å². The summed E-state index contributed by atoms with van der Waals surface area (Å²) < 4.78 is 45.7. The average Bonchev–Trinajstić information content (AvgIpc) is 2.65. The molecule has 1 saturated carbocycles. The molecule has 0 radical (unpaired) electrons. The lowest BCUT2D eigenvalue weighted by Crippen LogP contribution is -2.55. The summed E-state index contributed by atoms with van der Waals surface area (Å²) in [6.45, 7) is -0.319. The van der Waals surface area contributed by atoms with Crippen molar-refractivity contribution in [3.05, 3.63) is 24.0 Å². The van der Waals surface area contributed by atoms with E-state index in [1.165, 1.54) is 17.0 Å². The molecule has 1 aliphatic heterocycles. The number of carbonyl (C=O) groups is 3. The quantitative estimate of drug-likeness (QED) is 0.562. The van der Waals surface area contributed by atoms with Gasteiger partial charge in [0.15, 0.2) is 6.04 Å². The van der Waals surface area contributed by atoms with Crippen LogP contribution < -0.4 is 16.0 Å². The highest BCUT2D eigenvalue weighted by molar-refractivity contribution is 6.09. The van der Waals surface area contributed by atoms with Gasteiger partial charge in [0.05, 0.1) is 18.8 Å². The number of carbonyl (C=O) groups excluding carboxylic acids is 3. The van der Waals surface area contributed by atoms with E-state index < -0.39 is 42.6 Å². The fourth-order valence-electron chi connectivity index (χ4n) is 3.73. The Balaban J connectivity index is 1.74. The van der Waals surface area contributed by atoms with Gasteiger partial charge in [-0.05, 0) is 37.0 Å². The predicted molar refractivity (Wildman–Crippen MR) is 106 cm³/mol. The first kappa shape index (κ1) is 23.0. The summed E-state index contributed by atoms with van der Waals surface area (Å²) in [5.41, 5.74) is 5.40. The number of nitrogens with one attached hydrogen (secondary N) is 1. The van der Waals surface area contributed by atoms with Gasteiger partial charge in [0.25, 0.3) is 18.2 Å². The molecule has 3 amide bonds. The molecule has 2 aliphatic rings. The maximum Gasteiger partial charge on any atom is 0.253 e. The molecule has 3 N–H and O–H groups in total. The van der Waals surface area contributed by atoms with E-state index in [0.717, 1.165) is 30.2 Å². The number of amides is 3. The zero-order chi connectivity index (χ0) is 22.5. The highest BCUT2D eigenvalue weighted by Crippen LogP contribution is 2.28. The number of rotatable bonds is 9. The van der Waals surface area contributed by atoms with E-state index in [0.29, 0.717) is 0 Å². The van der Waals surface area contributed by atoms with Crippen molar-refractivity contribution in [2.75, 3.05) is 43.1 Å². The summed E-state index contributed by atoms with van der Waals surface area (Å²) in [5, 5.41) is 2.37. The van der Waals surface area contributed by atoms with Gasteiger partial charge in [-0.25, -0.2) is 13.2 Å². The van der Waals surface area contributed by atoms with Crippen LogP contribution in [0.25, 0.3) is 0 Å². The molecule has 1 heterocycles. The van der Waals surface area contributed by atoms with Crippen molar-refractivity contribution in [2.45, 2.75) is 31.7 Å². The molecule has 1 saturated heterocycles. The van der Waals surface area contributed by atoms with Gasteiger partial charge < -0.3 is 20.7 Å². The fraction of sp³-hybridized carbons (Fsp3) is 0.550. The standard InChI is InChI=1S/C20H25F3N4O4/c21-14-8-13(4-5-15(14)27-6-7-31-11-17(27)28)25-20(30)18(19(24)29)26(10-16(22)23)9-12-2-1-3-12/h4-5,8,12,16,18H,1-3,6-7,9-11H2,(H2,24,29)(H,25,30)/t18-/m1/s1. The molecule has 170 valence electrons. The Labute approximate surface area is 177 Å². The average molecular weight is 442 g/mol. The van der Waals surface area contributed by atoms with Crippen LogP contribution in [0.4, 0.5) is 24.5 Å². The van der Waals surface area contributed by atoms with E-state index in [1.807, 2.05) is 0 Å².